The number of carbonyl (C=O) groups is 1. The van der Waals surface area contributed by atoms with Crippen LogP contribution in [0, 0.1) is 5.82 Å². The Morgan fingerprint density at radius 2 is 2.08 bits per heavy atom. The first kappa shape index (κ1) is 18.1. The fourth-order valence-corrected chi connectivity index (χ4v) is 3.28. The molecule has 2 heterocycles. The number of carboxylic acids is 1. The van der Waals surface area contributed by atoms with Crippen LogP contribution in [0.3, 0.4) is 0 Å². The van der Waals surface area contributed by atoms with Crippen LogP contribution in [0.4, 0.5) is 14.5 Å². The van der Waals surface area contributed by atoms with Gasteiger partial charge < -0.3 is 24.6 Å². The number of nitrogens with zero attached hydrogens (tertiary/aromatic N) is 2. The summed E-state index contributed by atoms with van der Waals surface area (Å²) in [5.41, 5.74) is -0.985. The van der Waals surface area contributed by atoms with E-state index < -0.39 is 29.5 Å². The van der Waals surface area contributed by atoms with Gasteiger partial charge >= 0.3 is 5.97 Å². The number of aromatic carboxylic acids is 1. The fraction of sp³-hybridized carbons (Fsp3) is 0.412. The molecule has 1 fully saturated rings. The average molecular weight is 367 g/mol. The number of halogens is 2. The Kier molecular flexibility index (Phi) is 5.08. The van der Waals surface area contributed by atoms with Crippen molar-refractivity contribution in [1.82, 2.24) is 9.88 Å². The lowest BCUT2D eigenvalue weighted by atomic mass is 10.1. The van der Waals surface area contributed by atoms with Crippen LogP contribution in [-0.4, -0.2) is 55.6 Å². The number of benzene rings is 1. The number of aryl methyl sites for hydroxylation is 1. The lowest BCUT2D eigenvalue weighted by Gasteiger charge is -2.31. The molecular formula is C17H19F2N3O4. The van der Waals surface area contributed by atoms with Crippen LogP contribution >= 0.6 is 0 Å². The van der Waals surface area contributed by atoms with E-state index in [4.69, 9.17) is 4.74 Å². The summed E-state index contributed by atoms with van der Waals surface area (Å²) in [6.45, 7) is 1.45. The summed E-state index contributed by atoms with van der Waals surface area (Å²) in [6, 6.07) is 1.01. The fourth-order valence-electron chi connectivity index (χ4n) is 3.28. The first-order chi connectivity index (χ1) is 12.5. The number of hydrogen-bond donors (Lipinski definition) is 2. The van der Waals surface area contributed by atoms with Gasteiger partial charge in [-0.3, -0.25) is 4.79 Å². The summed E-state index contributed by atoms with van der Waals surface area (Å²) in [6.07, 6.45) is 1.08. The van der Waals surface area contributed by atoms with Crippen molar-refractivity contribution in [1.29, 1.82) is 0 Å². The summed E-state index contributed by atoms with van der Waals surface area (Å²) in [5, 5.41) is 12.2. The number of methoxy groups -OCH3 is 1. The van der Waals surface area contributed by atoms with Gasteiger partial charge in [-0.25, -0.2) is 13.6 Å². The summed E-state index contributed by atoms with van der Waals surface area (Å²) < 4.78 is 34.6. The number of ether oxygens (including phenoxy) is 1. The standard InChI is InChI=1S/C17H19F2N3O4/c1-26-16-13-10(8-12(19)14(16)21-6-3-20-4-7-21)15(23)11(17(24)25)9-22(13)5-2-18/h8-9,20H,2-7H2,1H3,(H,24,25). The van der Waals surface area contributed by atoms with Crippen LogP contribution in [0.1, 0.15) is 10.4 Å². The Hall–Kier alpha value is -2.68. The number of nitrogens with one attached hydrogen (secondary N) is 1. The van der Waals surface area contributed by atoms with E-state index in [-0.39, 0.29) is 28.9 Å². The molecule has 3 rings (SSSR count). The number of pyridine rings is 1. The van der Waals surface area contributed by atoms with Gasteiger partial charge in [0.2, 0.25) is 5.43 Å². The molecule has 1 aromatic heterocycles. The van der Waals surface area contributed by atoms with Crippen molar-refractivity contribution in [2.75, 3.05) is 44.9 Å². The topological polar surface area (TPSA) is 83.8 Å². The molecule has 0 saturated carbocycles. The molecule has 1 aliphatic rings. The normalized spacial score (nSPS) is 14.7. The molecule has 0 amide bonds. The highest BCUT2D eigenvalue weighted by molar-refractivity contribution is 5.97. The van der Waals surface area contributed by atoms with Crippen LogP contribution in [-0.2, 0) is 6.54 Å². The van der Waals surface area contributed by atoms with E-state index in [0.717, 1.165) is 12.3 Å². The quantitative estimate of drug-likeness (QED) is 0.827. The summed E-state index contributed by atoms with van der Waals surface area (Å²) in [4.78, 5) is 25.6. The number of carboxylic acid groups (broad SMARTS) is 1. The van der Waals surface area contributed by atoms with Gasteiger partial charge in [0.05, 0.1) is 24.6 Å². The average Bonchev–Trinajstić information content (AvgIpc) is 2.63. The zero-order valence-corrected chi connectivity index (χ0v) is 14.2. The second-order valence-corrected chi connectivity index (χ2v) is 5.93. The third kappa shape index (κ3) is 2.98. The Morgan fingerprint density at radius 3 is 2.65 bits per heavy atom. The zero-order chi connectivity index (χ0) is 18.8. The van der Waals surface area contributed by atoms with Gasteiger partial charge in [0.15, 0.2) is 11.6 Å². The van der Waals surface area contributed by atoms with Gasteiger partial charge in [-0.2, -0.15) is 0 Å². The zero-order valence-electron chi connectivity index (χ0n) is 14.2. The van der Waals surface area contributed by atoms with Gasteiger partial charge in [0.1, 0.15) is 17.9 Å². The van der Waals surface area contributed by atoms with E-state index in [1.54, 1.807) is 4.90 Å². The monoisotopic (exact) mass is 367 g/mol. The molecule has 2 aromatic rings. The third-order valence-corrected chi connectivity index (χ3v) is 4.44. The molecule has 9 heteroatoms. The van der Waals surface area contributed by atoms with Crippen LogP contribution in [0.25, 0.3) is 10.9 Å². The number of anilines is 1. The first-order valence-corrected chi connectivity index (χ1v) is 8.18. The second kappa shape index (κ2) is 7.28. The van der Waals surface area contributed by atoms with Crippen molar-refractivity contribution in [3.63, 3.8) is 0 Å². The predicted molar refractivity (Wildman–Crippen MR) is 92.7 cm³/mol. The van der Waals surface area contributed by atoms with Crippen molar-refractivity contribution in [3.8, 4) is 5.75 Å². The van der Waals surface area contributed by atoms with Crippen molar-refractivity contribution < 1.29 is 23.4 Å². The second-order valence-electron chi connectivity index (χ2n) is 5.93. The van der Waals surface area contributed by atoms with E-state index in [0.29, 0.717) is 26.2 Å². The molecule has 0 atom stereocenters. The van der Waals surface area contributed by atoms with E-state index >= 15 is 0 Å². The summed E-state index contributed by atoms with van der Waals surface area (Å²) in [7, 11) is 1.34. The van der Waals surface area contributed by atoms with Gasteiger partial charge in [0.25, 0.3) is 0 Å². The van der Waals surface area contributed by atoms with Crippen molar-refractivity contribution in [2.45, 2.75) is 6.54 Å². The highest BCUT2D eigenvalue weighted by Crippen LogP contribution is 2.38. The van der Waals surface area contributed by atoms with Gasteiger partial charge in [-0.15, -0.1) is 0 Å². The Labute approximate surface area is 147 Å². The summed E-state index contributed by atoms with van der Waals surface area (Å²) in [5.74, 6) is -2.03. The van der Waals surface area contributed by atoms with Crippen LogP contribution < -0.4 is 20.4 Å². The molecular weight excluding hydrogens is 348 g/mol. The van der Waals surface area contributed by atoms with E-state index in [1.165, 1.54) is 11.7 Å². The minimum atomic E-state index is -1.45. The van der Waals surface area contributed by atoms with Crippen LogP contribution in [0.5, 0.6) is 5.75 Å². The number of piperazine rings is 1. The lowest BCUT2D eigenvalue weighted by Crippen LogP contribution is -2.44. The molecule has 0 aliphatic carbocycles. The molecule has 0 bridgehead atoms. The summed E-state index contributed by atoms with van der Waals surface area (Å²) >= 11 is 0. The van der Waals surface area contributed by atoms with E-state index in [9.17, 15) is 23.5 Å². The van der Waals surface area contributed by atoms with Gasteiger partial charge in [0, 0.05) is 32.4 Å². The third-order valence-electron chi connectivity index (χ3n) is 4.44. The molecule has 1 saturated heterocycles. The van der Waals surface area contributed by atoms with Crippen molar-refractivity contribution >= 4 is 22.6 Å². The van der Waals surface area contributed by atoms with Crippen molar-refractivity contribution in [3.05, 3.63) is 33.9 Å². The lowest BCUT2D eigenvalue weighted by molar-refractivity contribution is 0.0694. The molecule has 7 nitrogen and oxygen atoms in total. The van der Waals surface area contributed by atoms with Gasteiger partial charge in [-0.05, 0) is 6.07 Å². The number of fused-ring (bicyclic) bond motifs is 1. The largest absolute Gasteiger partial charge is 0.492 e. The molecule has 26 heavy (non-hydrogen) atoms. The Bertz CT molecular complexity index is 907. The minimum absolute atomic E-state index is 0.101. The molecule has 0 radical (unpaired) electrons. The molecule has 2 N–H and O–H groups in total. The number of aromatic nitrogens is 1. The Balaban J connectivity index is 2.37. The Morgan fingerprint density at radius 1 is 1.38 bits per heavy atom. The van der Waals surface area contributed by atoms with Gasteiger partial charge in [-0.1, -0.05) is 0 Å². The maximum atomic E-state index is 14.9. The first-order valence-electron chi connectivity index (χ1n) is 8.18. The molecule has 140 valence electrons. The maximum Gasteiger partial charge on any atom is 0.341 e. The van der Waals surface area contributed by atoms with E-state index in [1.807, 2.05) is 0 Å². The highest BCUT2D eigenvalue weighted by atomic mass is 19.1. The highest BCUT2D eigenvalue weighted by Gasteiger charge is 2.26. The smallest absolute Gasteiger partial charge is 0.341 e. The number of rotatable bonds is 5. The molecule has 0 spiro atoms. The number of hydrogen-bond acceptors (Lipinski definition) is 5. The van der Waals surface area contributed by atoms with Crippen LogP contribution in [0.2, 0.25) is 0 Å². The van der Waals surface area contributed by atoms with Crippen molar-refractivity contribution in [2.24, 2.45) is 0 Å². The maximum absolute atomic E-state index is 14.9. The SMILES string of the molecule is COc1c(N2CCNCC2)c(F)cc2c(=O)c(C(=O)O)cn(CCF)c12. The molecule has 1 aromatic carbocycles. The number of alkyl halides is 1. The molecule has 1 aliphatic heterocycles. The molecule has 0 unspecified atom stereocenters. The predicted octanol–water partition coefficient (Wildman–Crippen LogP) is 1.23. The minimum Gasteiger partial charge on any atom is -0.492 e. The van der Waals surface area contributed by atoms with E-state index in [2.05, 4.69) is 5.32 Å². The van der Waals surface area contributed by atoms with Crippen LogP contribution in [0.15, 0.2) is 17.1 Å².